The van der Waals surface area contributed by atoms with E-state index in [0.29, 0.717) is 17.4 Å². The number of hydrogen-bond acceptors (Lipinski definition) is 2. The van der Waals surface area contributed by atoms with Crippen molar-refractivity contribution in [3.05, 3.63) is 34.9 Å². The minimum atomic E-state index is 0.229. The summed E-state index contributed by atoms with van der Waals surface area (Å²) in [6.07, 6.45) is 1.60. The van der Waals surface area contributed by atoms with Gasteiger partial charge in [-0.05, 0) is 49.0 Å². The van der Waals surface area contributed by atoms with Crippen LogP contribution in [0.1, 0.15) is 12.0 Å². The fourth-order valence-electron chi connectivity index (χ4n) is 3.19. The number of likely N-dealkylation sites (tertiary alicyclic amines) is 1. The molecule has 4 heteroatoms. The molecule has 102 valence electrons. The Morgan fingerprint density at radius 2 is 2.21 bits per heavy atom. The lowest BCUT2D eigenvalue weighted by Crippen LogP contribution is -2.44. The van der Waals surface area contributed by atoms with Gasteiger partial charge in [0.15, 0.2) is 0 Å². The van der Waals surface area contributed by atoms with Gasteiger partial charge in [-0.2, -0.15) is 0 Å². The number of benzene rings is 1. The summed E-state index contributed by atoms with van der Waals surface area (Å²) in [7, 11) is 0. The Hall–Kier alpha value is -1.06. The minimum Gasteiger partial charge on any atom is -0.342 e. The van der Waals surface area contributed by atoms with Crippen molar-refractivity contribution in [3.8, 4) is 0 Å². The second kappa shape index (κ2) is 5.51. The summed E-state index contributed by atoms with van der Waals surface area (Å²) >= 11 is 5.95. The molecule has 1 amide bonds. The number of nitrogens with zero attached hydrogens (tertiary/aromatic N) is 1. The van der Waals surface area contributed by atoms with Crippen molar-refractivity contribution < 1.29 is 4.79 Å². The zero-order chi connectivity index (χ0) is 13.2. The molecule has 2 atom stereocenters. The van der Waals surface area contributed by atoms with E-state index in [1.165, 1.54) is 0 Å². The van der Waals surface area contributed by atoms with Crippen molar-refractivity contribution in [1.82, 2.24) is 10.2 Å². The van der Waals surface area contributed by atoms with Crippen molar-refractivity contribution >= 4 is 17.5 Å². The molecule has 1 aromatic rings. The van der Waals surface area contributed by atoms with Gasteiger partial charge in [-0.15, -0.1) is 0 Å². The van der Waals surface area contributed by atoms with E-state index in [1.807, 2.05) is 29.2 Å². The maximum Gasteiger partial charge on any atom is 0.227 e. The standard InChI is InChI=1S/C15H19ClN2O/c16-14-3-1-2-11(6-14)7-15(19)18-5-4-12-8-17-9-13(12)10-18/h1-3,6,12-13,17H,4-5,7-10H2/t12-,13-/m1/s1. The highest BCUT2D eigenvalue weighted by Gasteiger charge is 2.34. The molecule has 19 heavy (non-hydrogen) atoms. The van der Waals surface area contributed by atoms with Crippen molar-refractivity contribution in [2.45, 2.75) is 12.8 Å². The lowest BCUT2D eigenvalue weighted by atomic mass is 9.88. The van der Waals surface area contributed by atoms with Crippen LogP contribution in [0, 0.1) is 11.8 Å². The summed E-state index contributed by atoms with van der Waals surface area (Å²) < 4.78 is 0. The number of halogens is 1. The Morgan fingerprint density at radius 3 is 3.05 bits per heavy atom. The molecule has 2 aliphatic rings. The average molecular weight is 279 g/mol. The number of carbonyl (C=O) groups excluding carboxylic acids is 1. The predicted molar refractivity (Wildman–Crippen MR) is 76.2 cm³/mol. The molecule has 2 saturated heterocycles. The Labute approximate surface area is 118 Å². The van der Waals surface area contributed by atoms with E-state index in [9.17, 15) is 4.79 Å². The van der Waals surface area contributed by atoms with Crippen LogP contribution in [-0.2, 0) is 11.2 Å². The van der Waals surface area contributed by atoms with Crippen LogP contribution in [0.4, 0.5) is 0 Å². The Balaban J connectivity index is 1.61. The van der Waals surface area contributed by atoms with Gasteiger partial charge in [0.05, 0.1) is 6.42 Å². The van der Waals surface area contributed by atoms with E-state index in [0.717, 1.165) is 44.1 Å². The molecule has 0 spiro atoms. The van der Waals surface area contributed by atoms with Gasteiger partial charge in [0, 0.05) is 18.1 Å². The summed E-state index contributed by atoms with van der Waals surface area (Å²) in [6, 6.07) is 7.58. The van der Waals surface area contributed by atoms with E-state index in [1.54, 1.807) is 0 Å². The highest BCUT2D eigenvalue weighted by Crippen LogP contribution is 2.26. The van der Waals surface area contributed by atoms with Crippen LogP contribution in [-0.4, -0.2) is 37.0 Å². The van der Waals surface area contributed by atoms with Crippen LogP contribution in [0.3, 0.4) is 0 Å². The van der Waals surface area contributed by atoms with Crippen molar-refractivity contribution in [3.63, 3.8) is 0 Å². The number of hydrogen-bond donors (Lipinski definition) is 1. The number of fused-ring (bicyclic) bond motifs is 1. The number of rotatable bonds is 2. The first-order chi connectivity index (χ1) is 9.22. The molecule has 0 radical (unpaired) electrons. The van der Waals surface area contributed by atoms with Crippen molar-refractivity contribution in [2.24, 2.45) is 11.8 Å². The fourth-order valence-corrected chi connectivity index (χ4v) is 3.41. The van der Waals surface area contributed by atoms with Crippen LogP contribution >= 0.6 is 11.6 Å². The van der Waals surface area contributed by atoms with Crippen molar-refractivity contribution in [2.75, 3.05) is 26.2 Å². The molecule has 2 heterocycles. The topological polar surface area (TPSA) is 32.3 Å². The summed E-state index contributed by atoms with van der Waals surface area (Å²) in [5, 5.41) is 4.12. The van der Waals surface area contributed by atoms with Gasteiger partial charge in [0.25, 0.3) is 0 Å². The van der Waals surface area contributed by atoms with E-state index in [-0.39, 0.29) is 5.91 Å². The number of amides is 1. The molecular formula is C15H19ClN2O. The van der Waals surface area contributed by atoms with Crippen molar-refractivity contribution in [1.29, 1.82) is 0 Å². The number of piperidine rings is 1. The molecule has 3 rings (SSSR count). The quantitative estimate of drug-likeness (QED) is 0.897. The first-order valence-corrected chi connectivity index (χ1v) is 7.33. The second-order valence-electron chi connectivity index (χ2n) is 5.61. The minimum absolute atomic E-state index is 0.229. The summed E-state index contributed by atoms with van der Waals surface area (Å²) in [4.78, 5) is 14.4. The Morgan fingerprint density at radius 1 is 1.37 bits per heavy atom. The zero-order valence-corrected chi connectivity index (χ0v) is 11.7. The predicted octanol–water partition coefficient (Wildman–Crippen LogP) is 1.95. The average Bonchev–Trinajstić information content (AvgIpc) is 2.85. The first kappa shape index (κ1) is 12.9. The molecule has 0 aromatic heterocycles. The molecule has 0 unspecified atom stereocenters. The van der Waals surface area contributed by atoms with Gasteiger partial charge >= 0.3 is 0 Å². The monoisotopic (exact) mass is 278 g/mol. The zero-order valence-electron chi connectivity index (χ0n) is 10.9. The second-order valence-corrected chi connectivity index (χ2v) is 6.05. The summed E-state index contributed by atoms with van der Waals surface area (Å²) in [6.45, 7) is 4.01. The van der Waals surface area contributed by atoms with Crippen LogP contribution in [0.15, 0.2) is 24.3 Å². The maximum absolute atomic E-state index is 12.3. The third-order valence-corrected chi connectivity index (χ3v) is 4.54. The molecule has 0 aliphatic carbocycles. The fraction of sp³-hybridized carbons (Fsp3) is 0.533. The molecule has 3 nitrogen and oxygen atoms in total. The molecule has 2 aliphatic heterocycles. The molecule has 0 bridgehead atoms. The van der Waals surface area contributed by atoms with E-state index >= 15 is 0 Å². The third-order valence-electron chi connectivity index (χ3n) is 4.30. The first-order valence-electron chi connectivity index (χ1n) is 6.95. The highest BCUT2D eigenvalue weighted by molar-refractivity contribution is 6.30. The van der Waals surface area contributed by atoms with Gasteiger partial charge in [-0.25, -0.2) is 0 Å². The Bertz CT molecular complexity index is 477. The summed E-state index contributed by atoms with van der Waals surface area (Å²) in [5.74, 6) is 1.65. The van der Waals surface area contributed by atoms with Gasteiger partial charge in [0.2, 0.25) is 5.91 Å². The SMILES string of the molecule is O=C(Cc1cccc(Cl)c1)N1CC[C@@H]2CNC[C@@H]2C1. The number of carbonyl (C=O) groups is 1. The van der Waals surface area contributed by atoms with Crippen LogP contribution < -0.4 is 5.32 Å². The molecule has 2 fully saturated rings. The van der Waals surface area contributed by atoms with Crippen LogP contribution in [0.5, 0.6) is 0 Å². The van der Waals surface area contributed by atoms with Gasteiger partial charge < -0.3 is 10.2 Å². The van der Waals surface area contributed by atoms with Gasteiger partial charge in [-0.3, -0.25) is 4.79 Å². The lowest BCUT2D eigenvalue weighted by Gasteiger charge is -2.34. The maximum atomic E-state index is 12.3. The number of nitrogens with one attached hydrogen (secondary N) is 1. The third kappa shape index (κ3) is 2.93. The molecule has 1 aromatic carbocycles. The molecule has 0 saturated carbocycles. The van der Waals surface area contributed by atoms with E-state index < -0.39 is 0 Å². The highest BCUT2D eigenvalue weighted by atomic mass is 35.5. The molecular weight excluding hydrogens is 260 g/mol. The van der Waals surface area contributed by atoms with Crippen LogP contribution in [0.25, 0.3) is 0 Å². The lowest BCUT2D eigenvalue weighted by molar-refractivity contribution is -0.132. The van der Waals surface area contributed by atoms with Gasteiger partial charge in [0.1, 0.15) is 0 Å². The Kier molecular flexibility index (Phi) is 3.76. The van der Waals surface area contributed by atoms with Gasteiger partial charge in [-0.1, -0.05) is 23.7 Å². The summed E-state index contributed by atoms with van der Waals surface area (Å²) in [5.41, 5.74) is 1.00. The van der Waals surface area contributed by atoms with Crippen LogP contribution in [0.2, 0.25) is 5.02 Å². The smallest absolute Gasteiger partial charge is 0.227 e. The normalized spacial score (nSPS) is 26.3. The van der Waals surface area contributed by atoms with E-state index in [2.05, 4.69) is 5.32 Å². The molecule has 1 N–H and O–H groups in total. The van der Waals surface area contributed by atoms with E-state index in [4.69, 9.17) is 11.6 Å². The largest absolute Gasteiger partial charge is 0.342 e.